The number of amides is 4. The summed E-state index contributed by atoms with van der Waals surface area (Å²) in [6.45, 7) is 14.7. The molecule has 0 bridgehead atoms. The van der Waals surface area contributed by atoms with Gasteiger partial charge in [-0.3, -0.25) is 24.1 Å². The topological polar surface area (TPSA) is 147 Å². The van der Waals surface area contributed by atoms with E-state index in [2.05, 4.69) is 24.1 Å². The van der Waals surface area contributed by atoms with E-state index in [0.29, 0.717) is 19.4 Å². The third kappa shape index (κ3) is 14.2. The minimum Gasteiger partial charge on any atom is -0.379 e. The molecule has 0 radical (unpaired) electrons. The number of benzene rings is 1. The molecule has 8 atom stereocenters. The molecule has 1 aliphatic rings. The number of aromatic nitrogens is 1. The Bertz CT molecular complexity index is 1430. The van der Waals surface area contributed by atoms with Crippen molar-refractivity contribution in [3.63, 3.8) is 0 Å². The van der Waals surface area contributed by atoms with Crippen molar-refractivity contribution in [2.75, 3.05) is 41.9 Å². The van der Waals surface area contributed by atoms with Gasteiger partial charge >= 0.3 is 0 Å². The maximum Gasteiger partial charge on any atom is 0.235 e. The molecular formula is C42H70N6O6S. The molecule has 1 aliphatic heterocycles. The number of carbonyl (C=O) groups is 4. The molecule has 0 aliphatic carbocycles. The van der Waals surface area contributed by atoms with E-state index in [0.717, 1.165) is 29.8 Å². The molecule has 2 aromatic rings. The molecule has 3 N–H and O–H groups in total. The normalized spacial score (nSPS) is 18.2. The van der Waals surface area contributed by atoms with Crippen LogP contribution in [0.15, 0.2) is 41.9 Å². The second-order valence-corrected chi connectivity index (χ2v) is 16.8. The van der Waals surface area contributed by atoms with Crippen molar-refractivity contribution in [3.05, 3.63) is 52.5 Å². The molecule has 1 saturated heterocycles. The van der Waals surface area contributed by atoms with Gasteiger partial charge in [0, 0.05) is 45.8 Å². The predicted molar refractivity (Wildman–Crippen MR) is 220 cm³/mol. The highest BCUT2D eigenvalue weighted by Crippen LogP contribution is 2.30. The van der Waals surface area contributed by atoms with Gasteiger partial charge in [-0.2, -0.15) is 0 Å². The zero-order valence-electron chi connectivity index (χ0n) is 35.5. The Morgan fingerprint density at radius 1 is 1.00 bits per heavy atom. The van der Waals surface area contributed by atoms with Crippen LogP contribution in [0, 0.1) is 23.7 Å². The fraction of sp³-hybridized carbons (Fsp3) is 0.690. The summed E-state index contributed by atoms with van der Waals surface area (Å²) in [6, 6.07) is 9.18. The number of rotatable bonds is 20. The lowest BCUT2D eigenvalue weighted by Crippen LogP contribution is -2.53. The highest BCUT2D eigenvalue weighted by atomic mass is 32.1. The van der Waals surface area contributed by atoms with E-state index in [9.17, 15) is 19.2 Å². The molecule has 1 fully saturated rings. The number of carbonyl (C=O) groups excluding carboxylic acids is 4. The average Bonchev–Trinajstić information content (AvgIpc) is 3.84. The zero-order valence-corrected chi connectivity index (χ0v) is 36.3. The molecule has 310 valence electrons. The van der Waals surface area contributed by atoms with E-state index >= 15 is 0 Å². The predicted octanol–water partition coefficient (Wildman–Crippen LogP) is 5.57. The lowest BCUT2D eigenvalue weighted by molar-refractivity contribution is -0.146. The fourth-order valence-electron chi connectivity index (χ4n) is 7.76. The van der Waals surface area contributed by atoms with Gasteiger partial charge in [-0.15, -0.1) is 11.3 Å². The van der Waals surface area contributed by atoms with Crippen molar-refractivity contribution in [2.45, 2.75) is 123 Å². The quantitative estimate of drug-likeness (QED) is 0.177. The van der Waals surface area contributed by atoms with E-state index in [4.69, 9.17) is 15.2 Å². The van der Waals surface area contributed by atoms with Crippen LogP contribution in [0.3, 0.4) is 0 Å². The molecular weight excluding hydrogens is 717 g/mol. The third-order valence-corrected chi connectivity index (χ3v) is 11.6. The van der Waals surface area contributed by atoms with Gasteiger partial charge in [0.05, 0.1) is 48.7 Å². The monoisotopic (exact) mass is 787 g/mol. The van der Waals surface area contributed by atoms with Crippen LogP contribution in [0.4, 0.5) is 0 Å². The van der Waals surface area contributed by atoms with Gasteiger partial charge in [0.15, 0.2) is 0 Å². The first-order chi connectivity index (χ1) is 26.0. The number of nitrogens with zero attached hydrogens (tertiary/aromatic N) is 4. The average molecular weight is 787 g/mol. The van der Waals surface area contributed by atoms with Gasteiger partial charge in [0.1, 0.15) is 5.01 Å². The highest BCUT2D eigenvalue weighted by Gasteiger charge is 2.42. The van der Waals surface area contributed by atoms with Crippen molar-refractivity contribution < 1.29 is 28.7 Å². The van der Waals surface area contributed by atoms with Gasteiger partial charge in [-0.05, 0) is 56.7 Å². The van der Waals surface area contributed by atoms with Crippen LogP contribution in [0.2, 0.25) is 0 Å². The highest BCUT2D eigenvalue weighted by molar-refractivity contribution is 7.09. The second-order valence-electron chi connectivity index (χ2n) is 15.9. The van der Waals surface area contributed by atoms with Gasteiger partial charge in [-0.1, -0.05) is 85.2 Å². The number of methoxy groups -OCH3 is 2. The maximum atomic E-state index is 13.9. The van der Waals surface area contributed by atoms with Crippen LogP contribution in [0.1, 0.15) is 97.2 Å². The van der Waals surface area contributed by atoms with Crippen molar-refractivity contribution in [3.8, 4) is 0 Å². The maximum absolute atomic E-state index is 13.9. The van der Waals surface area contributed by atoms with Gasteiger partial charge in [0.2, 0.25) is 23.6 Å². The first-order valence-electron chi connectivity index (χ1n) is 19.8. The summed E-state index contributed by atoms with van der Waals surface area (Å²) < 4.78 is 11.9. The number of nitrogens with one attached hydrogen (secondary N) is 1. The van der Waals surface area contributed by atoms with Crippen molar-refractivity contribution in [2.24, 2.45) is 29.4 Å². The van der Waals surface area contributed by atoms with Crippen LogP contribution in [0.5, 0.6) is 0 Å². The number of hydrogen-bond acceptors (Lipinski definition) is 9. The molecule has 4 amide bonds. The summed E-state index contributed by atoms with van der Waals surface area (Å²) in [7, 11) is 8.78. The van der Waals surface area contributed by atoms with Crippen molar-refractivity contribution >= 4 is 35.0 Å². The minimum absolute atomic E-state index is 0.0400. The number of likely N-dealkylation sites (tertiary alicyclic amines) is 1. The van der Waals surface area contributed by atoms with E-state index in [1.54, 1.807) is 25.3 Å². The summed E-state index contributed by atoms with van der Waals surface area (Å²) in [5, 5.41) is 6.00. The molecule has 2 heterocycles. The van der Waals surface area contributed by atoms with Gasteiger partial charge in [0.25, 0.3) is 0 Å². The second kappa shape index (κ2) is 23.6. The Balaban J connectivity index is 0.000000915. The fourth-order valence-corrected chi connectivity index (χ4v) is 8.45. The molecule has 0 spiro atoms. The van der Waals surface area contributed by atoms with Crippen LogP contribution in [-0.2, 0) is 35.1 Å². The van der Waals surface area contributed by atoms with E-state index in [-0.39, 0.29) is 72.0 Å². The number of likely N-dealkylation sites (N-methyl/N-ethyl adjacent to an activating group) is 2. The van der Waals surface area contributed by atoms with Crippen LogP contribution in [-0.4, -0.2) is 116 Å². The van der Waals surface area contributed by atoms with E-state index in [1.807, 2.05) is 101 Å². The molecule has 13 heteroatoms. The standard InChI is InChI=1S/C35H54N4O5S.C7H16N2O/c1-9-24(4)32(38(6)30(40)20-23(2)3)29(43-7)22-31(41)39-18-13-16-28(39)33(44-8)25(5)34(42)37-27(35-36-17-19-45-35)21-26-14-11-10-12-15-26;1-5(2)6(7(8)10)9(3)4/h10-12,14-15,17,19,23-25,27-29,32-33H,9,13,16,18,20-22H2,1-8H3,(H,37,42);5-6H,1-4H3,(H2,8,10). The number of hydrogen-bond donors (Lipinski definition) is 2. The largest absolute Gasteiger partial charge is 0.379 e. The molecule has 1 aromatic carbocycles. The minimum atomic E-state index is -0.502. The number of thiazole rings is 1. The summed E-state index contributed by atoms with van der Waals surface area (Å²) in [4.78, 5) is 61.5. The van der Waals surface area contributed by atoms with Crippen LogP contribution < -0.4 is 11.1 Å². The Labute approximate surface area is 334 Å². The lowest BCUT2D eigenvalue weighted by atomic mass is 9.90. The van der Waals surface area contributed by atoms with Crippen molar-refractivity contribution in [1.82, 2.24) is 25.0 Å². The third-order valence-electron chi connectivity index (χ3n) is 10.7. The Morgan fingerprint density at radius 3 is 2.13 bits per heavy atom. The summed E-state index contributed by atoms with van der Waals surface area (Å²) in [5.74, 6) is -0.186. The first kappa shape index (κ1) is 47.8. The smallest absolute Gasteiger partial charge is 0.235 e. The van der Waals surface area contributed by atoms with Crippen LogP contribution in [0.25, 0.3) is 0 Å². The number of nitrogens with two attached hydrogens (primary N) is 1. The molecule has 3 rings (SSSR count). The molecule has 0 saturated carbocycles. The Kier molecular flexibility index (Phi) is 20.5. The summed E-state index contributed by atoms with van der Waals surface area (Å²) in [6.07, 6.45) is 4.50. The molecule has 1 aromatic heterocycles. The summed E-state index contributed by atoms with van der Waals surface area (Å²) >= 11 is 1.52. The first-order valence-corrected chi connectivity index (χ1v) is 20.7. The Hall–Kier alpha value is -3.39. The molecule has 8 unspecified atom stereocenters. The van der Waals surface area contributed by atoms with E-state index in [1.165, 1.54) is 11.3 Å². The van der Waals surface area contributed by atoms with Crippen LogP contribution >= 0.6 is 11.3 Å². The Morgan fingerprint density at radius 2 is 1.65 bits per heavy atom. The lowest BCUT2D eigenvalue weighted by Gasteiger charge is -2.39. The SMILES string of the molecule is CC(C)C(C(N)=O)N(C)C.CCC(C)C(C(CC(=O)N1CCCC1C(OC)C(C)C(=O)NC(Cc1ccccc1)c1nccs1)OC)N(C)C(=O)CC(C)C. The van der Waals surface area contributed by atoms with Gasteiger partial charge in [-0.25, -0.2) is 4.98 Å². The number of primary amides is 1. The zero-order chi connectivity index (χ0) is 41.4. The van der Waals surface area contributed by atoms with Crippen molar-refractivity contribution in [1.29, 1.82) is 0 Å². The molecule has 55 heavy (non-hydrogen) atoms. The van der Waals surface area contributed by atoms with Gasteiger partial charge < -0.3 is 30.3 Å². The van der Waals surface area contributed by atoms with E-state index < -0.39 is 18.1 Å². The molecule has 12 nitrogen and oxygen atoms in total. The number of ether oxygens (including phenoxy) is 2. The summed E-state index contributed by atoms with van der Waals surface area (Å²) in [5.41, 5.74) is 6.27.